The van der Waals surface area contributed by atoms with Crippen LogP contribution in [-0.2, 0) is 22.6 Å². The molecule has 2 aromatic rings. The topological polar surface area (TPSA) is 62.3 Å². The summed E-state index contributed by atoms with van der Waals surface area (Å²) >= 11 is 0. The summed E-state index contributed by atoms with van der Waals surface area (Å²) in [7, 11) is 0. The van der Waals surface area contributed by atoms with Crippen molar-refractivity contribution >= 4 is 17.5 Å². The minimum atomic E-state index is -0.204. The lowest BCUT2D eigenvalue weighted by atomic mass is 10.1. The van der Waals surface area contributed by atoms with Crippen molar-refractivity contribution in [3.05, 3.63) is 59.4 Å². The van der Waals surface area contributed by atoms with Crippen molar-refractivity contribution in [2.75, 3.05) is 11.9 Å². The molecule has 5 heteroatoms. The van der Waals surface area contributed by atoms with Gasteiger partial charge in [-0.25, -0.2) is 0 Å². The molecule has 1 heterocycles. The normalized spacial score (nSPS) is 10.3. The molecule has 2 rings (SSSR count). The van der Waals surface area contributed by atoms with Crippen LogP contribution < -0.4 is 5.32 Å². The number of rotatable bonds is 6. The fraction of sp³-hybridized carbons (Fsp3) is 0.316. The van der Waals surface area contributed by atoms with E-state index in [2.05, 4.69) is 10.3 Å². The number of nitrogens with one attached hydrogen (secondary N) is 1. The number of aromatic nitrogens is 1. The number of hydrogen-bond acceptors (Lipinski definition) is 3. The average Bonchev–Trinajstić information content (AvgIpc) is 2.57. The molecule has 0 aliphatic carbocycles. The molecule has 1 aromatic carbocycles. The summed E-state index contributed by atoms with van der Waals surface area (Å²) < 4.78 is 0. The van der Waals surface area contributed by atoms with Gasteiger partial charge in [-0.2, -0.15) is 0 Å². The number of para-hydroxylation sites is 1. The van der Waals surface area contributed by atoms with Gasteiger partial charge >= 0.3 is 0 Å². The quantitative estimate of drug-likeness (QED) is 0.888. The van der Waals surface area contributed by atoms with E-state index in [-0.39, 0.29) is 18.4 Å². The van der Waals surface area contributed by atoms with Crippen LogP contribution in [-0.4, -0.2) is 28.2 Å². The zero-order chi connectivity index (χ0) is 17.5. The maximum absolute atomic E-state index is 12.4. The average molecular weight is 325 g/mol. The number of carbonyl (C=O) groups excluding carboxylic acids is 2. The predicted molar refractivity (Wildman–Crippen MR) is 94.5 cm³/mol. The van der Waals surface area contributed by atoms with Crippen molar-refractivity contribution in [1.82, 2.24) is 9.88 Å². The molecule has 0 saturated carbocycles. The van der Waals surface area contributed by atoms with E-state index < -0.39 is 0 Å². The summed E-state index contributed by atoms with van der Waals surface area (Å²) in [6.45, 7) is 5.79. The molecule has 5 nitrogen and oxygen atoms in total. The van der Waals surface area contributed by atoms with Gasteiger partial charge in [0.2, 0.25) is 11.8 Å². The van der Waals surface area contributed by atoms with Gasteiger partial charge < -0.3 is 10.2 Å². The van der Waals surface area contributed by atoms with Gasteiger partial charge in [0.05, 0.1) is 12.2 Å². The zero-order valence-corrected chi connectivity index (χ0v) is 14.4. The van der Waals surface area contributed by atoms with Crippen molar-refractivity contribution in [3.8, 4) is 0 Å². The van der Waals surface area contributed by atoms with Gasteiger partial charge in [0.1, 0.15) is 6.54 Å². The van der Waals surface area contributed by atoms with E-state index in [1.54, 1.807) is 6.20 Å². The van der Waals surface area contributed by atoms with Crippen molar-refractivity contribution in [1.29, 1.82) is 0 Å². The van der Waals surface area contributed by atoms with E-state index >= 15 is 0 Å². The van der Waals surface area contributed by atoms with E-state index in [1.165, 1.54) is 11.8 Å². The Morgan fingerprint density at radius 1 is 1.17 bits per heavy atom. The molecule has 0 atom stereocenters. The van der Waals surface area contributed by atoms with Crippen LogP contribution in [0.4, 0.5) is 5.69 Å². The standard InChI is InChI=1S/C19H23N3O2/c1-4-16-9-7-8-14(2)19(16)21-18(24)13-22(15(3)23)12-17-10-5-6-11-20-17/h5-11H,4,12-13H2,1-3H3,(H,21,24). The number of carbonyl (C=O) groups is 2. The Bertz CT molecular complexity index is 714. The SMILES string of the molecule is CCc1cccc(C)c1NC(=O)CN(Cc1ccccn1)C(C)=O. The van der Waals surface area contributed by atoms with Crippen molar-refractivity contribution in [2.24, 2.45) is 0 Å². The molecule has 0 bridgehead atoms. The number of amides is 2. The molecule has 0 aliphatic rings. The van der Waals surface area contributed by atoms with Crippen LogP contribution in [0.3, 0.4) is 0 Å². The maximum Gasteiger partial charge on any atom is 0.244 e. The summed E-state index contributed by atoms with van der Waals surface area (Å²) in [5, 5.41) is 2.95. The molecule has 0 saturated heterocycles. The second kappa shape index (κ2) is 8.24. The maximum atomic E-state index is 12.4. The summed E-state index contributed by atoms with van der Waals surface area (Å²) in [5.41, 5.74) is 3.70. The third-order valence-electron chi connectivity index (χ3n) is 3.86. The van der Waals surface area contributed by atoms with Gasteiger partial charge in [-0.05, 0) is 36.6 Å². The zero-order valence-electron chi connectivity index (χ0n) is 14.4. The Kier molecular flexibility index (Phi) is 6.07. The van der Waals surface area contributed by atoms with Gasteiger partial charge in [0.15, 0.2) is 0 Å². The number of aryl methyl sites for hydroxylation is 2. The van der Waals surface area contributed by atoms with Crippen LogP contribution in [0.1, 0.15) is 30.7 Å². The fourth-order valence-corrected chi connectivity index (χ4v) is 2.52. The molecule has 1 N–H and O–H groups in total. The number of pyridine rings is 1. The van der Waals surface area contributed by atoms with Crippen LogP contribution in [0.2, 0.25) is 0 Å². The van der Waals surface area contributed by atoms with Gasteiger partial charge in [-0.1, -0.05) is 31.2 Å². The first-order valence-electron chi connectivity index (χ1n) is 8.05. The lowest BCUT2D eigenvalue weighted by Crippen LogP contribution is -2.36. The lowest BCUT2D eigenvalue weighted by molar-refractivity contribution is -0.133. The Morgan fingerprint density at radius 2 is 1.96 bits per heavy atom. The largest absolute Gasteiger partial charge is 0.328 e. The van der Waals surface area contributed by atoms with E-state index in [0.717, 1.165) is 28.9 Å². The summed E-state index contributed by atoms with van der Waals surface area (Å²) in [6.07, 6.45) is 2.51. The summed E-state index contributed by atoms with van der Waals surface area (Å²) in [5.74, 6) is -0.360. The predicted octanol–water partition coefficient (Wildman–Crippen LogP) is 2.94. The molecular weight excluding hydrogens is 302 g/mol. The smallest absolute Gasteiger partial charge is 0.244 e. The monoisotopic (exact) mass is 325 g/mol. The van der Waals surface area contributed by atoms with Gasteiger partial charge in [-0.3, -0.25) is 14.6 Å². The molecule has 1 aromatic heterocycles. The highest BCUT2D eigenvalue weighted by Gasteiger charge is 2.16. The Labute approximate surface area is 142 Å². The second-order valence-corrected chi connectivity index (χ2v) is 5.71. The molecular formula is C19H23N3O2. The first-order valence-corrected chi connectivity index (χ1v) is 8.05. The van der Waals surface area contributed by atoms with Crippen LogP contribution in [0.15, 0.2) is 42.6 Å². The first-order chi connectivity index (χ1) is 11.5. The number of hydrogen-bond donors (Lipinski definition) is 1. The minimum Gasteiger partial charge on any atom is -0.328 e. The summed E-state index contributed by atoms with van der Waals surface area (Å²) in [4.78, 5) is 30.0. The molecule has 2 amide bonds. The lowest BCUT2D eigenvalue weighted by Gasteiger charge is -2.21. The molecule has 0 spiro atoms. The molecule has 0 aliphatic heterocycles. The molecule has 126 valence electrons. The third-order valence-corrected chi connectivity index (χ3v) is 3.86. The summed E-state index contributed by atoms with van der Waals surface area (Å²) in [6, 6.07) is 11.5. The fourth-order valence-electron chi connectivity index (χ4n) is 2.52. The van der Waals surface area contributed by atoms with E-state index in [0.29, 0.717) is 6.54 Å². The number of anilines is 1. The highest BCUT2D eigenvalue weighted by Crippen LogP contribution is 2.21. The van der Waals surface area contributed by atoms with Crippen molar-refractivity contribution < 1.29 is 9.59 Å². The Hall–Kier alpha value is -2.69. The van der Waals surface area contributed by atoms with Crippen LogP contribution in [0, 0.1) is 6.92 Å². The van der Waals surface area contributed by atoms with Crippen molar-refractivity contribution in [3.63, 3.8) is 0 Å². The Morgan fingerprint density at radius 3 is 2.58 bits per heavy atom. The van der Waals surface area contributed by atoms with Crippen LogP contribution >= 0.6 is 0 Å². The van der Waals surface area contributed by atoms with Crippen molar-refractivity contribution in [2.45, 2.75) is 33.7 Å². The highest BCUT2D eigenvalue weighted by atomic mass is 16.2. The highest BCUT2D eigenvalue weighted by molar-refractivity contribution is 5.95. The molecule has 0 unspecified atom stereocenters. The van der Waals surface area contributed by atoms with E-state index in [1.807, 2.05) is 50.2 Å². The van der Waals surface area contributed by atoms with Crippen LogP contribution in [0.5, 0.6) is 0 Å². The Balaban J connectivity index is 2.08. The molecule has 0 fully saturated rings. The van der Waals surface area contributed by atoms with Gasteiger partial charge in [0.25, 0.3) is 0 Å². The molecule has 24 heavy (non-hydrogen) atoms. The van der Waals surface area contributed by atoms with E-state index in [9.17, 15) is 9.59 Å². The number of nitrogens with zero attached hydrogens (tertiary/aromatic N) is 2. The van der Waals surface area contributed by atoms with Gasteiger partial charge in [0, 0.05) is 18.8 Å². The van der Waals surface area contributed by atoms with E-state index in [4.69, 9.17) is 0 Å². The van der Waals surface area contributed by atoms with Gasteiger partial charge in [-0.15, -0.1) is 0 Å². The molecule has 0 radical (unpaired) electrons. The first kappa shape index (κ1) is 17.7. The third kappa shape index (κ3) is 4.65. The van der Waals surface area contributed by atoms with Crippen LogP contribution in [0.25, 0.3) is 0 Å². The number of benzene rings is 1. The second-order valence-electron chi connectivity index (χ2n) is 5.71. The minimum absolute atomic E-state index is 0.00337.